The van der Waals surface area contributed by atoms with Gasteiger partial charge in [-0.3, -0.25) is 4.79 Å². The van der Waals surface area contributed by atoms with Crippen LogP contribution in [0.5, 0.6) is 0 Å². The molecule has 8 heteroatoms. The van der Waals surface area contributed by atoms with Crippen molar-refractivity contribution in [2.24, 2.45) is 0 Å². The summed E-state index contributed by atoms with van der Waals surface area (Å²) in [6, 6.07) is 13.3. The van der Waals surface area contributed by atoms with Gasteiger partial charge in [0, 0.05) is 36.2 Å². The SMILES string of the molecule is CCC(C)NS(=O)(=O)c1ccc(C(=O)Nc2ccc(Cn3ccnc3C)cc2)cc1. The van der Waals surface area contributed by atoms with E-state index in [1.54, 1.807) is 13.1 Å². The Labute approximate surface area is 177 Å². The molecule has 0 saturated heterocycles. The molecular weight excluding hydrogens is 400 g/mol. The van der Waals surface area contributed by atoms with Crippen molar-refractivity contribution >= 4 is 21.6 Å². The molecule has 3 aromatic rings. The molecule has 0 aliphatic heterocycles. The molecule has 0 saturated carbocycles. The van der Waals surface area contributed by atoms with Gasteiger partial charge in [-0.1, -0.05) is 19.1 Å². The molecule has 0 fully saturated rings. The van der Waals surface area contributed by atoms with E-state index in [4.69, 9.17) is 0 Å². The molecule has 0 radical (unpaired) electrons. The maximum Gasteiger partial charge on any atom is 0.255 e. The van der Waals surface area contributed by atoms with Gasteiger partial charge in [0.25, 0.3) is 5.91 Å². The molecule has 2 aromatic carbocycles. The predicted molar refractivity (Wildman–Crippen MR) is 117 cm³/mol. The molecule has 2 N–H and O–H groups in total. The summed E-state index contributed by atoms with van der Waals surface area (Å²) in [5.41, 5.74) is 2.15. The standard InChI is InChI=1S/C22H26N4O3S/c1-4-16(2)25-30(28,29)21-11-7-19(8-12-21)22(27)24-20-9-5-18(6-10-20)15-26-14-13-23-17(26)3/h5-14,16,25H,4,15H2,1-3H3,(H,24,27). The molecule has 1 heterocycles. The van der Waals surface area contributed by atoms with Gasteiger partial charge in [-0.05, 0) is 62.2 Å². The Hall–Kier alpha value is -2.97. The van der Waals surface area contributed by atoms with Crippen LogP contribution < -0.4 is 10.0 Å². The quantitative estimate of drug-likeness (QED) is 0.576. The molecule has 1 aromatic heterocycles. The zero-order valence-corrected chi connectivity index (χ0v) is 18.1. The lowest BCUT2D eigenvalue weighted by Crippen LogP contribution is -2.32. The molecule has 30 heavy (non-hydrogen) atoms. The van der Waals surface area contributed by atoms with E-state index in [1.807, 2.05) is 48.9 Å². The third-order valence-corrected chi connectivity index (χ3v) is 6.49. The van der Waals surface area contributed by atoms with Gasteiger partial charge in [0.2, 0.25) is 10.0 Å². The number of aromatic nitrogens is 2. The van der Waals surface area contributed by atoms with Gasteiger partial charge in [0.1, 0.15) is 5.82 Å². The highest BCUT2D eigenvalue weighted by molar-refractivity contribution is 7.89. The third-order valence-electron chi connectivity index (χ3n) is 4.88. The minimum absolute atomic E-state index is 0.137. The van der Waals surface area contributed by atoms with Crippen LogP contribution >= 0.6 is 0 Å². The second-order valence-corrected chi connectivity index (χ2v) is 8.92. The first-order valence-electron chi connectivity index (χ1n) is 9.79. The van der Waals surface area contributed by atoms with Crippen molar-refractivity contribution < 1.29 is 13.2 Å². The number of anilines is 1. The molecule has 0 aliphatic rings. The van der Waals surface area contributed by atoms with Gasteiger partial charge in [-0.25, -0.2) is 18.1 Å². The van der Waals surface area contributed by atoms with Crippen LogP contribution in [0.25, 0.3) is 0 Å². The first-order chi connectivity index (χ1) is 14.3. The average molecular weight is 427 g/mol. The number of hydrogen-bond donors (Lipinski definition) is 2. The van der Waals surface area contributed by atoms with Crippen LogP contribution in [0.3, 0.4) is 0 Å². The minimum Gasteiger partial charge on any atom is -0.331 e. The van der Waals surface area contributed by atoms with E-state index >= 15 is 0 Å². The lowest BCUT2D eigenvalue weighted by molar-refractivity contribution is 0.102. The average Bonchev–Trinajstić information content (AvgIpc) is 3.13. The number of carbonyl (C=O) groups is 1. The lowest BCUT2D eigenvalue weighted by Gasteiger charge is -2.12. The van der Waals surface area contributed by atoms with E-state index in [1.165, 1.54) is 24.3 Å². The number of carbonyl (C=O) groups excluding carboxylic acids is 1. The highest BCUT2D eigenvalue weighted by Gasteiger charge is 2.17. The summed E-state index contributed by atoms with van der Waals surface area (Å²) in [5.74, 6) is 0.643. The van der Waals surface area contributed by atoms with Gasteiger partial charge in [-0.15, -0.1) is 0 Å². The maximum absolute atomic E-state index is 12.5. The number of hydrogen-bond acceptors (Lipinski definition) is 4. The fourth-order valence-corrected chi connectivity index (χ4v) is 4.19. The van der Waals surface area contributed by atoms with Gasteiger partial charge < -0.3 is 9.88 Å². The first kappa shape index (κ1) is 21.7. The van der Waals surface area contributed by atoms with Gasteiger partial charge in [0.15, 0.2) is 0 Å². The molecule has 1 unspecified atom stereocenters. The van der Waals surface area contributed by atoms with Crippen molar-refractivity contribution in [3.05, 3.63) is 77.9 Å². The van der Waals surface area contributed by atoms with Crippen molar-refractivity contribution in [3.8, 4) is 0 Å². The number of nitrogens with one attached hydrogen (secondary N) is 2. The fourth-order valence-electron chi connectivity index (χ4n) is 2.87. The molecule has 0 aliphatic carbocycles. The topological polar surface area (TPSA) is 93.1 Å². The summed E-state index contributed by atoms with van der Waals surface area (Å²) >= 11 is 0. The van der Waals surface area contributed by atoms with Crippen LogP contribution in [0.2, 0.25) is 0 Å². The van der Waals surface area contributed by atoms with Crippen molar-refractivity contribution in [1.82, 2.24) is 14.3 Å². The van der Waals surface area contributed by atoms with Crippen LogP contribution in [0, 0.1) is 6.92 Å². The lowest BCUT2D eigenvalue weighted by atomic mass is 10.2. The van der Waals surface area contributed by atoms with Gasteiger partial charge in [-0.2, -0.15) is 0 Å². The Balaban J connectivity index is 1.64. The molecule has 0 spiro atoms. The van der Waals surface area contributed by atoms with Crippen LogP contribution in [0.1, 0.15) is 42.0 Å². The van der Waals surface area contributed by atoms with E-state index < -0.39 is 10.0 Å². The molecule has 1 atom stereocenters. The Morgan fingerprint density at radius 1 is 1.10 bits per heavy atom. The van der Waals surface area contributed by atoms with Crippen molar-refractivity contribution in [2.45, 2.75) is 44.7 Å². The summed E-state index contributed by atoms with van der Waals surface area (Å²) in [7, 11) is -3.59. The van der Waals surface area contributed by atoms with E-state index in [9.17, 15) is 13.2 Å². The normalized spacial score (nSPS) is 12.5. The van der Waals surface area contributed by atoms with Gasteiger partial charge in [0.05, 0.1) is 4.90 Å². The Kier molecular flexibility index (Phi) is 6.69. The van der Waals surface area contributed by atoms with Gasteiger partial charge >= 0.3 is 0 Å². The van der Waals surface area contributed by atoms with E-state index in [2.05, 4.69) is 15.0 Å². The largest absolute Gasteiger partial charge is 0.331 e. The monoisotopic (exact) mass is 426 g/mol. The maximum atomic E-state index is 12.5. The Morgan fingerprint density at radius 3 is 2.33 bits per heavy atom. The number of imidazole rings is 1. The second-order valence-electron chi connectivity index (χ2n) is 7.21. The molecule has 3 rings (SSSR count). The highest BCUT2D eigenvalue weighted by Crippen LogP contribution is 2.15. The first-order valence-corrected chi connectivity index (χ1v) is 11.3. The predicted octanol–water partition coefficient (Wildman–Crippen LogP) is 3.57. The highest BCUT2D eigenvalue weighted by atomic mass is 32.2. The smallest absolute Gasteiger partial charge is 0.255 e. The van der Waals surface area contributed by atoms with Crippen LogP contribution in [-0.2, 0) is 16.6 Å². The van der Waals surface area contributed by atoms with Crippen LogP contribution in [0.4, 0.5) is 5.69 Å². The minimum atomic E-state index is -3.59. The summed E-state index contributed by atoms with van der Waals surface area (Å²) in [4.78, 5) is 16.8. The summed E-state index contributed by atoms with van der Waals surface area (Å²) < 4.78 is 29.3. The van der Waals surface area contributed by atoms with E-state index in [0.29, 0.717) is 24.2 Å². The van der Waals surface area contributed by atoms with Crippen molar-refractivity contribution in [1.29, 1.82) is 0 Å². The zero-order valence-electron chi connectivity index (χ0n) is 17.3. The number of aryl methyl sites for hydroxylation is 1. The molecule has 7 nitrogen and oxygen atoms in total. The third kappa shape index (κ3) is 5.34. The summed E-state index contributed by atoms with van der Waals surface area (Å²) in [5, 5.41) is 2.83. The number of amides is 1. The Bertz CT molecular complexity index is 1100. The number of sulfonamides is 1. The number of benzene rings is 2. The second kappa shape index (κ2) is 9.23. The molecular formula is C22H26N4O3S. The van der Waals surface area contributed by atoms with E-state index in [0.717, 1.165) is 11.4 Å². The number of rotatable bonds is 8. The molecule has 1 amide bonds. The Morgan fingerprint density at radius 2 is 1.77 bits per heavy atom. The zero-order chi connectivity index (χ0) is 21.7. The van der Waals surface area contributed by atoms with Crippen molar-refractivity contribution in [2.75, 3.05) is 5.32 Å². The van der Waals surface area contributed by atoms with Crippen LogP contribution in [0.15, 0.2) is 65.8 Å². The fraction of sp³-hybridized carbons (Fsp3) is 0.273. The van der Waals surface area contributed by atoms with Crippen LogP contribution in [-0.4, -0.2) is 29.9 Å². The summed E-state index contributed by atoms with van der Waals surface area (Å²) in [6.45, 7) is 6.37. The van der Waals surface area contributed by atoms with E-state index in [-0.39, 0.29) is 16.8 Å². The molecule has 0 bridgehead atoms. The van der Waals surface area contributed by atoms with Crippen molar-refractivity contribution in [3.63, 3.8) is 0 Å². The summed E-state index contributed by atoms with van der Waals surface area (Å²) in [6.07, 6.45) is 4.38. The number of nitrogens with zero attached hydrogens (tertiary/aromatic N) is 2. The molecule has 158 valence electrons.